The van der Waals surface area contributed by atoms with Crippen molar-refractivity contribution in [2.75, 3.05) is 13.7 Å². The first kappa shape index (κ1) is 18.4. The van der Waals surface area contributed by atoms with Crippen LogP contribution in [0.1, 0.15) is 40.7 Å². The minimum absolute atomic E-state index is 0.203. The van der Waals surface area contributed by atoms with Crippen molar-refractivity contribution in [3.05, 3.63) is 64.5 Å². The predicted octanol–water partition coefficient (Wildman–Crippen LogP) is 4.94. The molecule has 1 unspecified atom stereocenters. The molecule has 0 radical (unpaired) electrons. The Balaban J connectivity index is 1.69. The lowest BCUT2D eigenvalue weighted by Gasteiger charge is -2.14. The van der Waals surface area contributed by atoms with E-state index in [4.69, 9.17) is 9.47 Å². The summed E-state index contributed by atoms with van der Waals surface area (Å²) < 4.78 is 11.4. The van der Waals surface area contributed by atoms with Gasteiger partial charge in [-0.25, -0.2) is 4.79 Å². The van der Waals surface area contributed by atoms with Crippen LogP contribution >= 0.6 is 11.3 Å². The van der Waals surface area contributed by atoms with Crippen molar-refractivity contribution < 1.29 is 14.3 Å². The molecule has 2 aromatic carbocycles. The largest absolute Gasteiger partial charge is 0.497 e. The van der Waals surface area contributed by atoms with Crippen molar-refractivity contribution >= 4 is 27.4 Å². The maximum Gasteiger partial charge on any atom is 0.348 e. The molecule has 26 heavy (non-hydrogen) atoms. The van der Waals surface area contributed by atoms with Crippen LogP contribution in [0.5, 0.6) is 5.75 Å². The normalized spacial score (nSPS) is 12.1. The fourth-order valence-electron chi connectivity index (χ4n) is 2.75. The summed E-state index contributed by atoms with van der Waals surface area (Å²) in [5.74, 6) is 0.614. The summed E-state index contributed by atoms with van der Waals surface area (Å²) in [7, 11) is 1.67. The van der Waals surface area contributed by atoms with Gasteiger partial charge >= 0.3 is 5.97 Å². The Morgan fingerprint density at radius 1 is 1.15 bits per heavy atom. The van der Waals surface area contributed by atoms with Crippen LogP contribution in [0.3, 0.4) is 0 Å². The van der Waals surface area contributed by atoms with Crippen molar-refractivity contribution in [2.45, 2.75) is 26.4 Å². The lowest BCUT2D eigenvalue weighted by atomic mass is 10.1. The second-order valence-corrected chi connectivity index (χ2v) is 7.16. The minimum Gasteiger partial charge on any atom is -0.497 e. The third kappa shape index (κ3) is 4.23. The molecule has 5 heteroatoms. The van der Waals surface area contributed by atoms with Crippen LogP contribution in [-0.4, -0.2) is 19.7 Å². The van der Waals surface area contributed by atoms with Gasteiger partial charge in [0.05, 0.1) is 13.7 Å². The van der Waals surface area contributed by atoms with E-state index in [9.17, 15) is 4.79 Å². The van der Waals surface area contributed by atoms with E-state index in [0.717, 1.165) is 22.4 Å². The highest BCUT2D eigenvalue weighted by molar-refractivity contribution is 7.20. The van der Waals surface area contributed by atoms with E-state index in [1.807, 2.05) is 25.1 Å². The fourth-order valence-corrected chi connectivity index (χ4v) is 3.76. The second-order valence-electron chi connectivity index (χ2n) is 6.08. The van der Waals surface area contributed by atoms with E-state index in [1.54, 1.807) is 7.11 Å². The molecule has 4 nitrogen and oxygen atoms in total. The van der Waals surface area contributed by atoms with Gasteiger partial charge in [-0.05, 0) is 54.6 Å². The smallest absolute Gasteiger partial charge is 0.348 e. The molecule has 0 saturated carbocycles. The van der Waals surface area contributed by atoms with E-state index < -0.39 is 0 Å². The van der Waals surface area contributed by atoms with Crippen LogP contribution in [0.4, 0.5) is 0 Å². The summed E-state index contributed by atoms with van der Waals surface area (Å²) in [6.45, 7) is 5.14. The van der Waals surface area contributed by atoms with Crippen LogP contribution in [0.15, 0.2) is 48.5 Å². The third-order valence-corrected chi connectivity index (χ3v) is 5.37. The van der Waals surface area contributed by atoms with E-state index in [0.29, 0.717) is 11.5 Å². The average Bonchev–Trinajstić information content (AvgIpc) is 3.10. The van der Waals surface area contributed by atoms with Crippen molar-refractivity contribution in [3.63, 3.8) is 0 Å². The number of carbonyl (C=O) groups excluding carboxylic acids is 1. The van der Waals surface area contributed by atoms with Crippen LogP contribution in [0, 0.1) is 0 Å². The Bertz CT molecular complexity index is 886. The zero-order valence-electron chi connectivity index (χ0n) is 15.2. The molecule has 0 aliphatic rings. The topological polar surface area (TPSA) is 47.6 Å². The summed E-state index contributed by atoms with van der Waals surface area (Å²) in [6.07, 6.45) is 0. The Labute approximate surface area is 157 Å². The standard InChI is InChI=1S/C21H23NO3S/c1-4-25-21(23)20-12-17-8-7-16(11-19(17)26-20)14(2)22-13-15-5-9-18(24-3)10-6-15/h5-12,14,22H,4,13H2,1-3H3. The van der Waals surface area contributed by atoms with Gasteiger partial charge in [-0.3, -0.25) is 0 Å². The first-order valence-electron chi connectivity index (χ1n) is 8.67. The summed E-state index contributed by atoms with van der Waals surface area (Å²) in [5.41, 5.74) is 2.41. The Hall–Kier alpha value is -2.37. The number of fused-ring (bicyclic) bond motifs is 1. The number of esters is 1. The Morgan fingerprint density at radius 3 is 2.62 bits per heavy atom. The van der Waals surface area contributed by atoms with Crippen molar-refractivity contribution in [3.8, 4) is 5.75 Å². The lowest BCUT2D eigenvalue weighted by molar-refractivity contribution is 0.0532. The quantitative estimate of drug-likeness (QED) is 0.600. The molecule has 1 heterocycles. The second kappa shape index (κ2) is 8.34. The van der Waals surface area contributed by atoms with Gasteiger partial charge in [0.1, 0.15) is 10.6 Å². The van der Waals surface area contributed by atoms with Crippen LogP contribution in [0.25, 0.3) is 10.1 Å². The number of carbonyl (C=O) groups is 1. The Kier molecular flexibility index (Phi) is 5.91. The van der Waals surface area contributed by atoms with E-state index >= 15 is 0 Å². The maximum absolute atomic E-state index is 11.9. The van der Waals surface area contributed by atoms with Gasteiger partial charge in [0, 0.05) is 17.3 Å². The molecule has 0 spiro atoms. The van der Waals surface area contributed by atoms with Crippen LogP contribution in [0.2, 0.25) is 0 Å². The number of benzene rings is 2. The van der Waals surface area contributed by atoms with Gasteiger partial charge in [-0.15, -0.1) is 11.3 Å². The Morgan fingerprint density at radius 2 is 1.92 bits per heavy atom. The van der Waals surface area contributed by atoms with Crippen molar-refractivity contribution in [1.29, 1.82) is 0 Å². The molecule has 0 bridgehead atoms. The lowest BCUT2D eigenvalue weighted by Crippen LogP contribution is -2.17. The summed E-state index contributed by atoms with van der Waals surface area (Å²) in [4.78, 5) is 12.6. The number of methoxy groups -OCH3 is 1. The number of rotatable bonds is 7. The molecule has 1 N–H and O–H groups in total. The molecule has 0 aliphatic heterocycles. The van der Waals surface area contributed by atoms with Gasteiger partial charge in [-0.2, -0.15) is 0 Å². The molecule has 1 atom stereocenters. The minimum atomic E-state index is -0.249. The van der Waals surface area contributed by atoms with E-state index in [1.165, 1.54) is 22.5 Å². The van der Waals surface area contributed by atoms with Crippen molar-refractivity contribution in [1.82, 2.24) is 5.32 Å². The highest BCUT2D eigenvalue weighted by Crippen LogP contribution is 2.29. The summed E-state index contributed by atoms with van der Waals surface area (Å²) in [5, 5.41) is 4.61. The van der Waals surface area contributed by atoms with Gasteiger partial charge < -0.3 is 14.8 Å². The first-order valence-corrected chi connectivity index (χ1v) is 9.49. The first-order chi connectivity index (χ1) is 12.6. The van der Waals surface area contributed by atoms with Crippen LogP contribution in [-0.2, 0) is 11.3 Å². The van der Waals surface area contributed by atoms with E-state index in [-0.39, 0.29) is 12.0 Å². The predicted molar refractivity (Wildman–Crippen MR) is 106 cm³/mol. The van der Waals surface area contributed by atoms with Crippen molar-refractivity contribution in [2.24, 2.45) is 0 Å². The molecule has 1 aromatic heterocycles. The fraction of sp³-hybridized carbons (Fsp3) is 0.286. The van der Waals surface area contributed by atoms with Gasteiger partial charge in [0.25, 0.3) is 0 Å². The molecular formula is C21H23NO3S. The number of hydrogen-bond acceptors (Lipinski definition) is 5. The zero-order valence-corrected chi connectivity index (χ0v) is 16.1. The maximum atomic E-state index is 11.9. The van der Waals surface area contributed by atoms with E-state index in [2.05, 4.69) is 42.6 Å². The number of nitrogens with one attached hydrogen (secondary N) is 1. The summed E-state index contributed by atoms with van der Waals surface area (Å²) >= 11 is 1.48. The van der Waals surface area contributed by atoms with Gasteiger partial charge in [0.2, 0.25) is 0 Å². The number of ether oxygens (including phenoxy) is 2. The molecule has 3 aromatic rings. The monoisotopic (exact) mass is 369 g/mol. The van der Waals surface area contributed by atoms with Gasteiger partial charge in [-0.1, -0.05) is 24.3 Å². The van der Waals surface area contributed by atoms with Crippen LogP contribution < -0.4 is 10.1 Å². The average molecular weight is 369 g/mol. The molecule has 0 aliphatic carbocycles. The number of thiophene rings is 1. The number of hydrogen-bond donors (Lipinski definition) is 1. The highest BCUT2D eigenvalue weighted by atomic mass is 32.1. The molecule has 136 valence electrons. The molecule has 0 amide bonds. The van der Waals surface area contributed by atoms with Gasteiger partial charge in [0.15, 0.2) is 0 Å². The molecule has 3 rings (SSSR count). The highest BCUT2D eigenvalue weighted by Gasteiger charge is 2.13. The third-order valence-electron chi connectivity index (χ3n) is 4.29. The molecule has 0 saturated heterocycles. The molecular weight excluding hydrogens is 346 g/mol. The summed E-state index contributed by atoms with van der Waals surface area (Å²) in [6, 6.07) is 16.5. The molecule has 0 fully saturated rings. The SMILES string of the molecule is CCOC(=O)c1cc2ccc(C(C)NCc3ccc(OC)cc3)cc2s1. The zero-order chi connectivity index (χ0) is 18.5.